The van der Waals surface area contributed by atoms with E-state index < -0.39 is 0 Å². The zero-order valence-electron chi connectivity index (χ0n) is 21.6. The van der Waals surface area contributed by atoms with E-state index >= 15 is 0 Å². The van der Waals surface area contributed by atoms with Gasteiger partial charge in [-0.05, 0) is 67.1 Å². The fourth-order valence-electron chi connectivity index (χ4n) is 5.18. The zero-order chi connectivity index (χ0) is 25.7. The molecule has 0 spiro atoms. The van der Waals surface area contributed by atoms with E-state index in [1.165, 1.54) is 16.7 Å². The molecule has 2 aromatic carbocycles. The average Bonchev–Trinajstić information content (AvgIpc) is 3.09. The number of carbonyl (C=O) groups excluding carboxylic acids is 1. The number of fused-ring (bicyclic) bond motifs is 1. The van der Waals surface area contributed by atoms with Gasteiger partial charge in [-0.3, -0.25) is 4.79 Å². The van der Waals surface area contributed by atoms with Crippen molar-refractivity contribution in [1.29, 1.82) is 5.26 Å². The molecule has 2 atom stereocenters. The molecule has 0 fully saturated rings. The Hall–Kier alpha value is -3.85. The largest absolute Gasteiger partial charge is 0.364 e. The first kappa shape index (κ1) is 25.2. The van der Waals surface area contributed by atoms with Gasteiger partial charge in [0.15, 0.2) is 0 Å². The highest BCUT2D eigenvalue weighted by molar-refractivity contribution is 5.83. The van der Waals surface area contributed by atoms with Crippen molar-refractivity contribution in [3.63, 3.8) is 0 Å². The fraction of sp³-hybridized carbons (Fsp3) is 0.367. The van der Waals surface area contributed by atoms with Crippen LogP contribution in [-0.2, 0) is 17.6 Å². The van der Waals surface area contributed by atoms with Crippen molar-refractivity contribution >= 4 is 23.5 Å². The van der Waals surface area contributed by atoms with Crippen LogP contribution in [0.4, 0.5) is 11.4 Å². The molecular formula is C30H35N5O. The van der Waals surface area contributed by atoms with Crippen molar-refractivity contribution in [2.45, 2.75) is 66.0 Å². The Kier molecular flexibility index (Phi) is 7.59. The summed E-state index contributed by atoms with van der Waals surface area (Å²) in [5.41, 5.74) is 7.32. The van der Waals surface area contributed by atoms with Gasteiger partial charge in [-0.1, -0.05) is 45.1 Å². The molecule has 0 saturated carbocycles. The smallest absolute Gasteiger partial charge is 0.226 e. The molecule has 3 N–H and O–H groups in total. The van der Waals surface area contributed by atoms with E-state index in [1.54, 1.807) is 0 Å². The zero-order valence-corrected chi connectivity index (χ0v) is 21.6. The molecule has 5 rings (SSSR count). The maximum atomic E-state index is 12.5. The predicted octanol–water partition coefficient (Wildman–Crippen LogP) is 6.00. The van der Waals surface area contributed by atoms with Gasteiger partial charge in [-0.25, -0.2) is 4.99 Å². The van der Waals surface area contributed by atoms with E-state index in [9.17, 15) is 4.79 Å². The van der Waals surface area contributed by atoms with Crippen LogP contribution in [0.2, 0.25) is 0 Å². The van der Waals surface area contributed by atoms with Gasteiger partial charge < -0.3 is 16.0 Å². The maximum Gasteiger partial charge on any atom is 0.226 e. The lowest BCUT2D eigenvalue weighted by Gasteiger charge is -2.35. The Morgan fingerprint density at radius 3 is 2.72 bits per heavy atom. The van der Waals surface area contributed by atoms with Crippen LogP contribution in [0.15, 0.2) is 64.9 Å². The summed E-state index contributed by atoms with van der Waals surface area (Å²) in [6.07, 6.45) is 10.0. The lowest BCUT2D eigenvalue weighted by molar-refractivity contribution is -0.122. The molecule has 2 aromatic rings. The number of nitrogens with one attached hydrogen (secondary N) is 3. The van der Waals surface area contributed by atoms with Crippen LogP contribution in [0.3, 0.4) is 0 Å². The van der Waals surface area contributed by atoms with E-state index in [0.29, 0.717) is 17.8 Å². The van der Waals surface area contributed by atoms with Crippen molar-refractivity contribution in [3.05, 3.63) is 82.2 Å². The first-order valence-electron chi connectivity index (χ1n) is 12.8. The monoisotopic (exact) mass is 481 g/mol. The summed E-state index contributed by atoms with van der Waals surface area (Å²) in [6, 6.07) is 14.5. The first-order chi connectivity index (χ1) is 17.4. The first-order valence-corrected chi connectivity index (χ1v) is 12.8. The molecule has 6 nitrogen and oxygen atoms in total. The number of benzene rings is 2. The molecule has 0 aromatic heterocycles. The number of hydrogen-bond acceptors (Lipinski definition) is 5. The third kappa shape index (κ3) is 5.36. The summed E-state index contributed by atoms with van der Waals surface area (Å²) in [5.74, 6) is 0.708. The predicted molar refractivity (Wildman–Crippen MR) is 147 cm³/mol. The fourth-order valence-corrected chi connectivity index (χ4v) is 5.18. The molecule has 6 heteroatoms. The number of aryl methyl sites for hydroxylation is 2. The maximum absolute atomic E-state index is 12.5. The molecule has 0 aliphatic carbocycles. The Morgan fingerprint density at radius 2 is 1.94 bits per heavy atom. The van der Waals surface area contributed by atoms with Crippen LogP contribution < -0.4 is 16.0 Å². The van der Waals surface area contributed by atoms with E-state index in [1.807, 2.05) is 38.3 Å². The van der Waals surface area contributed by atoms with Crippen LogP contribution >= 0.6 is 0 Å². The highest BCUT2D eigenvalue weighted by atomic mass is 16.1. The van der Waals surface area contributed by atoms with Crippen molar-refractivity contribution in [3.8, 4) is 6.07 Å². The third-order valence-corrected chi connectivity index (χ3v) is 6.95. The van der Waals surface area contributed by atoms with Gasteiger partial charge in [0.2, 0.25) is 5.91 Å². The van der Waals surface area contributed by atoms with E-state index in [2.05, 4.69) is 71.2 Å². The van der Waals surface area contributed by atoms with Gasteiger partial charge >= 0.3 is 0 Å². The highest BCUT2D eigenvalue weighted by Gasteiger charge is 2.38. The number of nitrogens with zero attached hydrogens (tertiary/aromatic N) is 2. The Balaban J connectivity index is 0.00000148. The van der Waals surface area contributed by atoms with Gasteiger partial charge in [0.25, 0.3) is 0 Å². The molecule has 0 saturated heterocycles. The minimum atomic E-state index is -0.313. The second kappa shape index (κ2) is 10.8. The molecular weight excluding hydrogens is 446 g/mol. The number of allylic oxidation sites excluding steroid dienone is 3. The van der Waals surface area contributed by atoms with E-state index in [4.69, 9.17) is 5.26 Å². The molecule has 36 heavy (non-hydrogen) atoms. The van der Waals surface area contributed by atoms with Gasteiger partial charge in [0.05, 0.1) is 29.2 Å². The number of carbonyl (C=O) groups is 1. The van der Waals surface area contributed by atoms with Gasteiger partial charge in [-0.2, -0.15) is 5.26 Å². The molecule has 186 valence electrons. The number of amides is 1. The summed E-state index contributed by atoms with van der Waals surface area (Å²) in [5, 5.41) is 19.3. The molecule has 0 radical (unpaired) electrons. The molecule has 3 aliphatic heterocycles. The Labute approximate surface area is 214 Å². The third-order valence-electron chi connectivity index (χ3n) is 6.95. The highest BCUT2D eigenvalue weighted by Crippen LogP contribution is 2.43. The van der Waals surface area contributed by atoms with Crippen molar-refractivity contribution < 1.29 is 4.79 Å². The SMILES string of the molecule is CC.Cc1cc2c(cc1CC1(C)CC(=O)NC3=C1C=CCC=N3)NC(CCc1cccc(C#N)c1)N2. The summed E-state index contributed by atoms with van der Waals surface area (Å²) >= 11 is 0. The summed E-state index contributed by atoms with van der Waals surface area (Å²) in [7, 11) is 0. The Bertz CT molecular complexity index is 1280. The van der Waals surface area contributed by atoms with Crippen LogP contribution in [0.5, 0.6) is 0 Å². The number of rotatable bonds is 5. The lowest BCUT2D eigenvalue weighted by Crippen LogP contribution is -2.39. The van der Waals surface area contributed by atoms with Gasteiger partial charge in [0.1, 0.15) is 5.82 Å². The van der Waals surface area contributed by atoms with Crippen molar-refractivity contribution in [2.75, 3.05) is 10.6 Å². The van der Waals surface area contributed by atoms with E-state index in [-0.39, 0.29) is 17.5 Å². The topological polar surface area (TPSA) is 89.3 Å². The number of hydrogen-bond donors (Lipinski definition) is 3. The van der Waals surface area contributed by atoms with Gasteiger partial charge in [-0.15, -0.1) is 0 Å². The number of nitriles is 1. The van der Waals surface area contributed by atoms with Crippen molar-refractivity contribution in [1.82, 2.24) is 5.32 Å². The lowest BCUT2D eigenvalue weighted by atomic mass is 9.71. The minimum Gasteiger partial charge on any atom is -0.364 e. The molecule has 3 heterocycles. The Morgan fingerprint density at radius 1 is 1.17 bits per heavy atom. The molecule has 1 amide bonds. The summed E-state index contributed by atoms with van der Waals surface area (Å²) in [4.78, 5) is 17.0. The van der Waals surface area contributed by atoms with Gasteiger partial charge in [0, 0.05) is 30.0 Å². The van der Waals surface area contributed by atoms with Crippen LogP contribution in [0.25, 0.3) is 0 Å². The summed E-state index contributed by atoms with van der Waals surface area (Å²) < 4.78 is 0. The normalized spacial score (nSPS) is 21.6. The number of anilines is 2. The second-order valence-corrected chi connectivity index (χ2v) is 9.69. The molecule has 3 aliphatic rings. The average molecular weight is 482 g/mol. The van der Waals surface area contributed by atoms with Crippen LogP contribution in [0, 0.1) is 23.7 Å². The van der Waals surface area contributed by atoms with E-state index in [0.717, 1.165) is 42.6 Å². The summed E-state index contributed by atoms with van der Waals surface area (Å²) in [6.45, 7) is 8.31. The second-order valence-electron chi connectivity index (χ2n) is 9.69. The quantitative estimate of drug-likeness (QED) is 0.489. The van der Waals surface area contributed by atoms with Crippen molar-refractivity contribution in [2.24, 2.45) is 10.4 Å². The number of aliphatic imine (C=N–C) groups is 1. The standard InChI is InChI=1S/C28H29N5O.C2H6/c1-18-12-23-24(32-25(31-23)10-9-19-6-5-7-20(13-19)17-29)14-21(18)15-28(2)16-26(34)33-27-22(28)8-3-4-11-30-27;1-2/h3,5-8,11-14,25,31-32H,4,9-10,15-16H2,1-2H3,(H,33,34);1-2H3. The molecule has 0 bridgehead atoms. The molecule has 2 unspecified atom stereocenters. The minimum absolute atomic E-state index is 0.0211. The van der Waals surface area contributed by atoms with Crippen LogP contribution in [0.1, 0.15) is 62.3 Å². The van der Waals surface area contributed by atoms with Crippen LogP contribution in [-0.4, -0.2) is 18.3 Å².